The van der Waals surface area contributed by atoms with Crippen LogP contribution in [0.15, 0.2) is 9.85 Å². The number of hydrogen-bond donors (Lipinski definition) is 1. The summed E-state index contributed by atoms with van der Waals surface area (Å²) in [5, 5.41) is 16.9. The minimum atomic E-state index is -1.00. The second-order valence-corrected chi connectivity index (χ2v) is 4.09. The molecule has 0 fully saturated rings. The van der Waals surface area contributed by atoms with Crippen molar-refractivity contribution in [2.24, 2.45) is 0 Å². The van der Waals surface area contributed by atoms with E-state index in [4.69, 9.17) is 10.4 Å². The largest absolute Gasteiger partial charge is 0.477 e. The van der Waals surface area contributed by atoms with Crippen LogP contribution in [0.1, 0.15) is 15.2 Å². The van der Waals surface area contributed by atoms with Crippen molar-refractivity contribution in [3.8, 4) is 6.07 Å². The minimum Gasteiger partial charge on any atom is -0.477 e. The van der Waals surface area contributed by atoms with Crippen LogP contribution in [-0.2, 0) is 0 Å². The Morgan fingerprint density at radius 2 is 2.45 bits per heavy atom. The van der Waals surface area contributed by atoms with Gasteiger partial charge in [-0.25, -0.2) is 4.79 Å². The van der Waals surface area contributed by atoms with E-state index in [1.54, 1.807) is 0 Å². The van der Waals surface area contributed by atoms with E-state index < -0.39 is 5.97 Å². The van der Waals surface area contributed by atoms with Crippen molar-refractivity contribution < 1.29 is 9.90 Å². The first-order chi connectivity index (χ1) is 5.15. The standard InChI is InChI=1S/C6H2BrNO2S/c7-5-3(2-8)1-4(11-5)6(9)10/h1H,(H,9,10). The lowest BCUT2D eigenvalue weighted by molar-refractivity contribution is 0.0702. The molecule has 0 unspecified atom stereocenters. The van der Waals surface area contributed by atoms with E-state index in [1.165, 1.54) is 6.07 Å². The van der Waals surface area contributed by atoms with Crippen LogP contribution in [0, 0.1) is 11.3 Å². The monoisotopic (exact) mass is 231 g/mol. The first kappa shape index (κ1) is 8.24. The Kier molecular flexibility index (Phi) is 2.27. The highest BCUT2D eigenvalue weighted by Gasteiger charge is 2.10. The predicted octanol–water partition coefficient (Wildman–Crippen LogP) is 2.08. The van der Waals surface area contributed by atoms with E-state index >= 15 is 0 Å². The van der Waals surface area contributed by atoms with E-state index in [0.29, 0.717) is 9.35 Å². The minimum absolute atomic E-state index is 0.174. The molecule has 0 aliphatic carbocycles. The highest BCUT2D eigenvalue weighted by Crippen LogP contribution is 2.27. The van der Waals surface area contributed by atoms with Gasteiger partial charge in [-0.05, 0) is 22.0 Å². The maximum Gasteiger partial charge on any atom is 0.345 e. The van der Waals surface area contributed by atoms with Crippen molar-refractivity contribution in [2.45, 2.75) is 0 Å². The van der Waals surface area contributed by atoms with Crippen molar-refractivity contribution >= 4 is 33.2 Å². The molecule has 1 aromatic rings. The molecule has 0 atom stereocenters. The van der Waals surface area contributed by atoms with Crippen LogP contribution >= 0.6 is 27.3 Å². The Morgan fingerprint density at radius 1 is 1.82 bits per heavy atom. The van der Waals surface area contributed by atoms with Crippen molar-refractivity contribution in [2.75, 3.05) is 0 Å². The first-order valence-corrected chi connectivity index (χ1v) is 4.19. The van der Waals surface area contributed by atoms with Crippen LogP contribution in [-0.4, -0.2) is 11.1 Å². The number of carboxylic acid groups (broad SMARTS) is 1. The van der Waals surface area contributed by atoms with Crippen molar-refractivity contribution in [3.63, 3.8) is 0 Å². The summed E-state index contributed by atoms with van der Waals surface area (Å²) in [4.78, 5) is 10.5. The maximum absolute atomic E-state index is 10.4. The molecule has 0 saturated heterocycles. The molecule has 1 rings (SSSR count). The Labute approximate surface area is 75.0 Å². The van der Waals surface area contributed by atoms with Gasteiger partial charge in [-0.2, -0.15) is 5.26 Å². The number of halogens is 1. The molecule has 0 aliphatic heterocycles. The summed E-state index contributed by atoms with van der Waals surface area (Å²) in [6.07, 6.45) is 0. The summed E-state index contributed by atoms with van der Waals surface area (Å²) in [6.45, 7) is 0. The Hall–Kier alpha value is -0.860. The average molecular weight is 232 g/mol. The lowest BCUT2D eigenvalue weighted by atomic mass is 10.3. The molecular weight excluding hydrogens is 230 g/mol. The molecule has 0 aliphatic rings. The van der Waals surface area contributed by atoms with Crippen LogP contribution < -0.4 is 0 Å². The highest BCUT2D eigenvalue weighted by atomic mass is 79.9. The maximum atomic E-state index is 10.4. The van der Waals surface area contributed by atoms with Gasteiger partial charge in [0, 0.05) is 0 Å². The highest BCUT2D eigenvalue weighted by molar-refractivity contribution is 9.11. The van der Waals surface area contributed by atoms with Gasteiger partial charge in [0.05, 0.1) is 9.35 Å². The zero-order valence-corrected chi connectivity index (χ0v) is 7.57. The number of rotatable bonds is 1. The molecule has 0 amide bonds. The van der Waals surface area contributed by atoms with Gasteiger partial charge in [0.2, 0.25) is 0 Å². The average Bonchev–Trinajstić information content (AvgIpc) is 2.31. The molecule has 1 N–H and O–H groups in total. The first-order valence-electron chi connectivity index (χ1n) is 2.58. The molecular formula is C6H2BrNO2S. The van der Waals surface area contributed by atoms with Crippen LogP contribution in [0.5, 0.6) is 0 Å². The molecule has 5 heteroatoms. The van der Waals surface area contributed by atoms with Crippen LogP contribution in [0.3, 0.4) is 0 Å². The van der Waals surface area contributed by atoms with Gasteiger partial charge in [0.15, 0.2) is 0 Å². The van der Waals surface area contributed by atoms with Gasteiger partial charge in [-0.3, -0.25) is 0 Å². The fourth-order valence-corrected chi connectivity index (χ4v) is 1.95. The van der Waals surface area contributed by atoms with Crippen LogP contribution in [0.2, 0.25) is 0 Å². The third-order valence-corrected chi connectivity index (χ3v) is 2.84. The van der Waals surface area contributed by atoms with Crippen molar-refractivity contribution in [3.05, 3.63) is 20.3 Å². The fourth-order valence-electron chi connectivity index (χ4n) is 0.550. The van der Waals surface area contributed by atoms with E-state index in [9.17, 15) is 4.79 Å². The normalized spacial score (nSPS) is 9.09. The number of carbonyl (C=O) groups is 1. The number of thiophene rings is 1. The molecule has 11 heavy (non-hydrogen) atoms. The number of aromatic carboxylic acids is 1. The third-order valence-electron chi connectivity index (χ3n) is 1.02. The molecule has 0 saturated carbocycles. The Bertz CT molecular complexity index is 339. The van der Waals surface area contributed by atoms with E-state index in [0.717, 1.165) is 11.3 Å². The second-order valence-electron chi connectivity index (χ2n) is 1.71. The lowest BCUT2D eigenvalue weighted by Gasteiger charge is -1.79. The van der Waals surface area contributed by atoms with Crippen molar-refractivity contribution in [1.82, 2.24) is 0 Å². The Balaban J connectivity index is 3.18. The molecule has 0 spiro atoms. The molecule has 3 nitrogen and oxygen atoms in total. The van der Waals surface area contributed by atoms with Gasteiger partial charge in [-0.1, -0.05) is 0 Å². The topological polar surface area (TPSA) is 61.1 Å². The number of hydrogen-bond acceptors (Lipinski definition) is 3. The summed E-state index contributed by atoms with van der Waals surface area (Å²) in [6, 6.07) is 3.22. The third kappa shape index (κ3) is 1.59. The number of nitriles is 1. The number of nitrogens with zero attached hydrogens (tertiary/aromatic N) is 1. The lowest BCUT2D eigenvalue weighted by Crippen LogP contribution is -1.89. The zero-order valence-electron chi connectivity index (χ0n) is 5.17. The fraction of sp³-hybridized carbons (Fsp3) is 0. The molecule has 1 aromatic heterocycles. The molecule has 0 aromatic carbocycles. The second kappa shape index (κ2) is 3.03. The van der Waals surface area contributed by atoms with Crippen LogP contribution in [0.4, 0.5) is 0 Å². The summed E-state index contributed by atoms with van der Waals surface area (Å²) >= 11 is 4.12. The van der Waals surface area contributed by atoms with Gasteiger partial charge >= 0.3 is 5.97 Å². The molecule has 0 bridgehead atoms. The van der Waals surface area contributed by atoms with Crippen molar-refractivity contribution in [1.29, 1.82) is 5.26 Å². The molecule has 0 radical (unpaired) electrons. The van der Waals surface area contributed by atoms with E-state index in [-0.39, 0.29) is 4.88 Å². The number of carboxylic acids is 1. The summed E-state index contributed by atoms with van der Waals surface area (Å²) < 4.78 is 0.567. The SMILES string of the molecule is N#Cc1cc(C(=O)O)sc1Br. The van der Waals surface area contributed by atoms with Gasteiger partial charge in [0.1, 0.15) is 10.9 Å². The predicted molar refractivity (Wildman–Crippen MR) is 43.7 cm³/mol. The van der Waals surface area contributed by atoms with Gasteiger partial charge < -0.3 is 5.11 Å². The summed E-state index contributed by atoms with van der Waals surface area (Å²) in [5.74, 6) is -1.00. The van der Waals surface area contributed by atoms with Crippen LogP contribution in [0.25, 0.3) is 0 Å². The Morgan fingerprint density at radius 3 is 2.73 bits per heavy atom. The van der Waals surface area contributed by atoms with Gasteiger partial charge in [0.25, 0.3) is 0 Å². The molecule has 56 valence electrons. The summed E-state index contributed by atoms with van der Waals surface area (Å²) in [7, 11) is 0. The van der Waals surface area contributed by atoms with E-state index in [1.807, 2.05) is 6.07 Å². The van der Waals surface area contributed by atoms with Gasteiger partial charge in [-0.15, -0.1) is 11.3 Å². The van der Waals surface area contributed by atoms with E-state index in [2.05, 4.69) is 15.9 Å². The zero-order chi connectivity index (χ0) is 8.43. The quantitative estimate of drug-likeness (QED) is 0.806. The smallest absolute Gasteiger partial charge is 0.345 e. The molecule has 1 heterocycles. The summed E-state index contributed by atoms with van der Waals surface area (Å²) in [5.41, 5.74) is 0.368.